The van der Waals surface area contributed by atoms with Crippen LogP contribution in [0.1, 0.15) is 19.0 Å². The fourth-order valence-corrected chi connectivity index (χ4v) is 1.10. The molecule has 0 aliphatic carbocycles. The second kappa shape index (κ2) is 5.56. The first-order valence-corrected chi connectivity index (χ1v) is 4.89. The summed E-state index contributed by atoms with van der Waals surface area (Å²) in [6.45, 7) is 1.57. The second-order valence-electron chi connectivity index (χ2n) is 3.47. The Labute approximate surface area is 96.4 Å². The van der Waals surface area contributed by atoms with E-state index in [1.165, 1.54) is 6.92 Å². The lowest BCUT2D eigenvalue weighted by atomic mass is 10.2. The number of halogens is 3. The fourth-order valence-electron chi connectivity index (χ4n) is 1.10. The lowest BCUT2D eigenvalue weighted by Crippen LogP contribution is -2.24. The highest BCUT2D eigenvalue weighted by Crippen LogP contribution is 2.18. The summed E-state index contributed by atoms with van der Waals surface area (Å²) < 4.78 is 35.9. The second-order valence-corrected chi connectivity index (χ2v) is 3.47. The molecule has 0 saturated carbocycles. The molecule has 6 heteroatoms. The molecule has 0 fully saturated rings. The number of carbonyl (C=O) groups excluding carboxylic acids is 1. The van der Waals surface area contributed by atoms with Gasteiger partial charge in [-0.2, -0.15) is 13.2 Å². The molecule has 0 bridgehead atoms. The number of nitrogens with zero attached hydrogens (tertiary/aromatic N) is 2. The minimum Gasteiger partial charge on any atom is -0.289 e. The smallest absolute Gasteiger partial charge is 0.289 e. The van der Waals surface area contributed by atoms with Gasteiger partial charge in [0.15, 0.2) is 0 Å². The Kier molecular flexibility index (Phi) is 4.37. The molecular formula is C11H11F3N2O. The number of ketones is 1. The van der Waals surface area contributed by atoms with Crippen molar-refractivity contribution in [1.82, 2.24) is 4.98 Å². The van der Waals surface area contributed by atoms with Gasteiger partial charge in [0.25, 0.3) is 0 Å². The Balaban J connectivity index is 2.54. The van der Waals surface area contributed by atoms with Crippen molar-refractivity contribution < 1.29 is 18.0 Å². The normalized spacial score (nSPS) is 12.6. The number of pyridine rings is 1. The van der Waals surface area contributed by atoms with Crippen LogP contribution in [0.2, 0.25) is 0 Å². The van der Waals surface area contributed by atoms with E-state index in [1.807, 2.05) is 0 Å². The number of aromatic nitrogens is 1. The molecule has 1 aromatic rings. The summed E-state index contributed by atoms with van der Waals surface area (Å²) in [5, 5.41) is 0. The topological polar surface area (TPSA) is 42.3 Å². The Hall–Kier alpha value is -1.72. The Morgan fingerprint density at radius 3 is 2.65 bits per heavy atom. The molecule has 92 valence electrons. The van der Waals surface area contributed by atoms with Crippen molar-refractivity contribution in [3.63, 3.8) is 0 Å². The summed E-state index contributed by atoms with van der Waals surface area (Å²) in [6, 6.07) is 5.20. The van der Waals surface area contributed by atoms with Gasteiger partial charge in [0.1, 0.15) is 0 Å². The Morgan fingerprint density at radius 2 is 2.12 bits per heavy atom. The van der Waals surface area contributed by atoms with Gasteiger partial charge >= 0.3 is 6.18 Å². The molecule has 1 heterocycles. The van der Waals surface area contributed by atoms with Crippen LogP contribution < -0.4 is 0 Å². The zero-order valence-electron chi connectivity index (χ0n) is 9.16. The number of hydrogen-bond acceptors (Lipinski definition) is 3. The summed E-state index contributed by atoms with van der Waals surface area (Å²) in [5.41, 5.74) is 0.796. The molecule has 0 unspecified atom stereocenters. The fraction of sp³-hybridized carbons (Fsp3) is 0.364. The van der Waals surface area contributed by atoms with E-state index < -0.39 is 18.4 Å². The van der Waals surface area contributed by atoms with Gasteiger partial charge in [0, 0.05) is 11.9 Å². The van der Waals surface area contributed by atoms with E-state index in [0.29, 0.717) is 5.69 Å². The van der Waals surface area contributed by atoms with Crippen LogP contribution in [0.15, 0.2) is 29.4 Å². The lowest BCUT2D eigenvalue weighted by molar-refractivity contribution is -0.169. The van der Waals surface area contributed by atoms with E-state index in [-0.39, 0.29) is 12.3 Å². The van der Waals surface area contributed by atoms with Crippen LogP contribution >= 0.6 is 0 Å². The molecule has 0 spiro atoms. The number of aliphatic imine (C=N–C) groups is 1. The van der Waals surface area contributed by atoms with Crippen LogP contribution in [0, 0.1) is 0 Å². The molecule has 3 nitrogen and oxygen atoms in total. The number of hydrogen-bond donors (Lipinski definition) is 0. The van der Waals surface area contributed by atoms with E-state index in [4.69, 9.17) is 0 Å². The van der Waals surface area contributed by atoms with Crippen molar-refractivity contribution >= 4 is 11.5 Å². The predicted octanol–water partition coefficient (Wildman–Crippen LogP) is 2.56. The highest BCUT2D eigenvalue weighted by Gasteiger charge is 2.37. The maximum absolute atomic E-state index is 12.0. The van der Waals surface area contributed by atoms with Gasteiger partial charge in [0.05, 0.1) is 18.7 Å². The summed E-state index contributed by atoms with van der Waals surface area (Å²) >= 11 is 0. The van der Waals surface area contributed by atoms with Gasteiger partial charge in [-0.05, 0) is 19.1 Å². The first-order valence-electron chi connectivity index (χ1n) is 4.89. The van der Waals surface area contributed by atoms with E-state index in [2.05, 4.69) is 9.98 Å². The highest BCUT2D eigenvalue weighted by molar-refractivity contribution is 6.03. The van der Waals surface area contributed by atoms with E-state index in [1.54, 1.807) is 24.4 Å². The van der Waals surface area contributed by atoms with Crippen LogP contribution in [-0.2, 0) is 11.3 Å². The molecular weight excluding hydrogens is 233 g/mol. The van der Waals surface area contributed by atoms with Gasteiger partial charge < -0.3 is 0 Å². The van der Waals surface area contributed by atoms with Gasteiger partial charge in [-0.1, -0.05) is 6.07 Å². The van der Waals surface area contributed by atoms with Gasteiger partial charge in [-0.25, -0.2) is 0 Å². The number of carbonyl (C=O) groups is 1. The first kappa shape index (κ1) is 13.3. The molecule has 0 aliphatic rings. The quantitative estimate of drug-likeness (QED) is 0.764. The molecule has 1 aromatic heterocycles. The van der Waals surface area contributed by atoms with E-state index >= 15 is 0 Å². The molecule has 0 saturated heterocycles. The van der Waals surface area contributed by atoms with Crippen molar-refractivity contribution in [3.05, 3.63) is 30.1 Å². The summed E-state index contributed by atoms with van der Waals surface area (Å²) in [7, 11) is 0. The minimum absolute atomic E-state index is 0.151. The van der Waals surface area contributed by atoms with Crippen molar-refractivity contribution in [2.75, 3.05) is 0 Å². The first-order chi connectivity index (χ1) is 7.89. The molecule has 0 N–H and O–H groups in total. The molecule has 0 radical (unpaired) electrons. The van der Waals surface area contributed by atoms with E-state index in [0.717, 1.165) is 0 Å². The van der Waals surface area contributed by atoms with Crippen LogP contribution in [-0.4, -0.2) is 22.7 Å². The standard InChI is InChI=1S/C11H11F3N2O/c1-8(6-10(17)11(12,13)14)16-7-9-4-2-3-5-15-9/h2-5H,6-7H2,1H3. The Bertz CT molecular complexity index is 412. The summed E-state index contributed by atoms with van der Waals surface area (Å²) in [4.78, 5) is 18.5. The third-order valence-corrected chi connectivity index (χ3v) is 1.97. The van der Waals surface area contributed by atoms with Gasteiger partial charge in [0.2, 0.25) is 5.78 Å². The van der Waals surface area contributed by atoms with Crippen LogP contribution in [0.3, 0.4) is 0 Å². The van der Waals surface area contributed by atoms with Crippen molar-refractivity contribution in [1.29, 1.82) is 0 Å². The summed E-state index contributed by atoms with van der Waals surface area (Å²) in [5.74, 6) is -1.78. The zero-order chi connectivity index (χ0) is 12.9. The molecule has 0 aromatic carbocycles. The van der Waals surface area contributed by atoms with E-state index in [9.17, 15) is 18.0 Å². The predicted molar refractivity (Wildman–Crippen MR) is 56.7 cm³/mol. The van der Waals surface area contributed by atoms with Crippen molar-refractivity contribution in [2.45, 2.75) is 26.1 Å². The zero-order valence-corrected chi connectivity index (χ0v) is 9.16. The SMILES string of the molecule is CC(CC(=O)C(F)(F)F)=NCc1ccccn1. The highest BCUT2D eigenvalue weighted by atomic mass is 19.4. The van der Waals surface area contributed by atoms with Crippen molar-refractivity contribution in [2.24, 2.45) is 4.99 Å². The molecule has 1 rings (SSSR count). The van der Waals surface area contributed by atoms with Crippen molar-refractivity contribution in [3.8, 4) is 0 Å². The molecule has 0 atom stereocenters. The largest absolute Gasteiger partial charge is 0.450 e. The molecule has 17 heavy (non-hydrogen) atoms. The van der Waals surface area contributed by atoms with Crippen LogP contribution in [0.4, 0.5) is 13.2 Å². The maximum atomic E-state index is 12.0. The Morgan fingerprint density at radius 1 is 1.41 bits per heavy atom. The molecule has 0 aliphatic heterocycles. The monoisotopic (exact) mass is 244 g/mol. The number of alkyl halides is 3. The van der Waals surface area contributed by atoms with Gasteiger partial charge in [-0.3, -0.25) is 14.8 Å². The van der Waals surface area contributed by atoms with Gasteiger partial charge in [-0.15, -0.1) is 0 Å². The molecule has 0 amide bonds. The average molecular weight is 244 g/mol. The van der Waals surface area contributed by atoms with Crippen LogP contribution in [0.25, 0.3) is 0 Å². The lowest BCUT2D eigenvalue weighted by Gasteiger charge is -2.04. The van der Waals surface area contributed by atoms with Crippen LogP contribution in [0.5, 0.6) is 0 Å². The minimum atomic E-state index is -4.79. The third kappa shape index (κ3) is 4.76. The summed E-state index contributed by atoms with van der Waals surface area (Å²) in [6.07, 6.45) is -3.92. The average Bonchev–Trinajstić information content (AvgIpc) is 2.26. The maximum Gasteiger partial charge on any atom is 0.450 e. The number of Topliss-reactive ketones (excluding diaryl/α,β-unsaturated/α-hetero) is 1. The number of rotatable bonds is 4. The third-order valence-electron chi connectivity index (χ3n) is 1.97.